The van der Waals surface area contributed by atoms with Crippen LogP contribution in [0, 0.1) is 0 Å². The van der Waals surface area contributed by atoms with Crippen LogP contribution in [0.5, 0.6) is 0 Å². The Morgan fingerprint density at radius 2 is 2.57 bits per heavy atom. The summed E-state index contributed by atoms with van der Waals surface area (Å²) >= 11 is 0. The zero-order valence-corrected chi connectivity index (χ0v) is 4.65. The van der Waals surface area contributed by atoms with Gasteiger partial charge in [0.05, 0.1) is 13.1 Å². The van der Waals surface area contributed by atoms with Crippen LogP contribution in [0.15, 0.2) is 0 Å². The molecule has 0 radical (unpaired) electrons. The summed E-state index contributed by atoms with van der Waals surface area (Å²) in [5.74, 6) is 0. The average molecular weight is 99.2 g/mol. The topological polar surface area (TPSA) is 15.0 Å². The number of likely N-dealkylation sites (N-methyl/N-ethyl adjacent to an activating group) is 1. The lowest BCUT2D eigenvalue weighted by Crippen LogP contribution is -2.33. The molecule has 1 aliphatic heterocycles. The fraction of sp³-hybridized carbons (Fsp3) is 0.800. The smallest absolute Gasteiger partial charge is 0.154 e. The van der Waals surface area contributed by atoms with Gasteiger partial charge >= 0.3 is 0 Å². The van der Waals surface area contributed by atoms with Crippen molar-refractivity contribution in [1.29, 1.82) is 0 Å². The fourth-order valence-corrected chi connectivity index (χ4v) is 0.669. The van der Waals surface area contributed by atoms with Gasteiger partial charge in [-0.3, -0.25) is 0 Å². The second-order valence-electron chi connectivity index (χ2n) is 1.87. The molecule has 0 unspecified atom stereocenters. The van der Waals surface area contributed by atoms with Crippen molar-refractivity contribution < 1.29 is 4.58 Å². The summed E-state index contributed by atoms with van der Waals surface area (Å²) in [5, 5.41) is 3.22. The molecule has 0 spiro atoms. The van der Waals surface area contributed by atoms with Gasteiger partial charge in [-0.25, -0.2) is 4.58 Å². The highest BCUT2D eigenvalue weighted by Crippen LogP contribution is 1.70. The first-order valence-corrected chi connectivity index (χ1v) is 2.64. The molecular weight excluding hydrogens is 88.1 g/mol. The SMILES string of the molecule is C[N+]1=CCNCC1. The van der Waals surface area contributed by atoms with Crippen molar-refractivity contribution in [2.24, 2.45) is 0 Å². The van der Waals surface area contributed by atoms with Crippen molar-refractivity contribution >= 4 is 6.21 Å². The molecule has 1 N–H and O–H groups in total. The Balaban J connectivity index is 2.40. The Kier molecular flexibility index (Phi) is 1.42. The first-order chi connectivity index (χ1) is 3.39. The fourth-order valence-electron chi connectivity index (χ4n) is 0.669. The first-order valence-electron chi connectivity index (χ1n) is 2.64. The van der Waals surface area contributed by atoms with Gasteiger partial charge in [-0.2, -0.15) is 0 Å². The van der Waals surface area contributed by atoms with E-state index < -0.39 is 0 Å². The maximum Gasteiger partial charge on any atom is 0.154 e. The summed E-state index contributed by atoms with van der Waals surface area (Å²) in [6, 6.07) is 0. The summed E-state index contributed by atoms with van der Waals surface area (Å²) < 4.78 is 2.20. The van der Waals surface area contributed by atoms with Gasteiger partial charge < -0.3 is 5.32 Å². The number of nitrogens with zero attached hydrogens (tertiary/aromatic N) is 1. The summed E-state index contributed by atoms with van der Waals surface area (Å²) in [6.07, 6.45) is 2.16. The average Bonchev–Trinajstić information content (AvgIpc) is 1.69. The molecule has 0 saturated heterocycles. The molecule has 0 saturated carbocycles. The van der Waals surface area contributed by atoms with Gasteiger partial charge in [-0.15, -0.1) is 0 Å². The van der Waals surface area contributed by atoms with Gasteiger partial charge in [0.2, 0.25) is 0 Å². The number of hydrogen-bond acceptors (Lipinski definition) is 1. The third kappa shape index (κ3) is 1.27. The largest absolute Gasteiger partial charge is 0.302 e. The van der Waals surface area contributed by atoms with E-state index in [4.69, 9.17) is 0 Å². The van der Waals surface area contributed by atoms with E-state index in [0.717, 1.165) is 19.6 Å². The van der Waals surface area contributed by atoms with Gasteiger partial charge in [-0.1, -0.05) is 0 Å². The van der Waals surface area contributed by atoms with Crippen LogP contribution < -0.4 is 5.32 Å². The van der Waals surface area contributed by atoms with E-state index >= 15 is 0 Å². The molecule has 2 heteroatoms. The standard InChI is InChI=1S/C5H11N2/c1-7-4-2-6-3-5-7/h4,6H,2-3,5H2,1H3/q+1. The van der Waals surface area contributed by atoms with E-state index in [-0.39, 0.29) is 0 Å². The molecule has 1 heterocycles. The molecule has 0 aromatic heterocycles. The Labute approximate surface area is 43.8 Å². The van der Waals surface area contributed by atoms with E-state index in [2.05, 4.69) is 23.2 Å². The second kappa shape index (κ2) is 2.07. The van der Waals surface area contributed by atoms with Crippen LogP contribution in [0.2, 0.25) is 0 Å². The highest BCUT2D eigenvalue weighted by molar-refractivity contribution is 5.54. The zero-order valence-electron chi connectivity index (χ0n) is 4.65. The molecule has 1 aliphatic rings. The predicted octanol–water partition coefficient (Wildman–Crippen LogP) is -0.697. The third-order valence-corrected chi connectivity index (χ3v) is 1.19. The maximum atomic E-state index is 3.22. The Bertz CT molecular complexity index is 86.1. The molecule has 0 amide bonds. The quantitative estimate of drug-likeness (QED) is 0.397. The van der Waals surface area contributed by atoms with Gasteiger partial charge in [-0.05, 0) is 0 Å². The van der Waals surface area contributed by atoms with Crippen molar-refractivity contribution in [3.05, 3.63) is 0 Å². The van der Waals surface area contributed by atoms with Crippen LogP contribution in [0.25, 0.3) is 0 Å². The summed E-state index contributed by atoms with van der Waals surface area (Å²) in [5.41, 5.74) is 0. The molecular formula is C5H11N2+. The van der Waals surface area contributed by atoms with E-state index in [1.165, 1.54) is 0 Å². The molecule has 0 fully saturated rings. The van der Waals surface area contributed by atoms with Crippen LogP contribution in [0.3, 0.4) is 0 Å². The lowest BCUT2D eigenvalue weighted by Gasteiger charge is -2.03. The van der Waals surface area contributed by atoms with E-state index in [1.54, 1.807) is 0 Å². The third-order valence-electron chi connectivity index (χ3n) is 1.19. The molecule has 40 valence electrons. The summed E-state index contributed by atoms with van der Waals surface area (Å²) in [7, 11) is 2.10. The Hall–Kier alpha value is -0.370. The second-order valence-corrected chi connectivity index (χ2v) is 1.87. The minimum atomic E-state index is 1.04. The van der Waals surface area contributed by atoms with Crippen molar-refractivity contribution in [2.45, 2.75) is 0 Å². The van der Waals surface area contributed by atoms with Crippen molar-refractivity contribution in [2.75, 3.05) is 26.7 Å². The van der Waals surface area contributed by atoms with Crippen molar-refractivity contribution in [3.63, 3.8) is 0 Å². The van der Waals surface area contributed by atoms with E-state index in [9.17, 15) is 0 Å². The van der Waals surface area contributed by atoms with E-state index in [1.807, 2.05) is 0 Å². The first kappa shape index (κ1) is 4.78. The van der Waals surface area contributed by atoms with Crippen LogP contribution in [-0.4, -0.2) is 37.5 Å². The van der Waals surface area contributed by atoms with Crippen LogP contribution >= 0.6 is 0 Å². The predicted molar refractivity (Wildman–Crippen MR) is 30.0 cm³/mol. The highest BCUT2D eigenvalue weighted by atomic mass is 15.0. The number of rotatable bonds is 0. The molecule has 7 heavy (non-hydrogen) atoms. The van der Waals surface area contributed by atoms with E-state index in [0.29, 0.717) is 0 Å². The van der Waals surface area contributed by atoms with Crippen LogP contribution in [0.4, 0.5) is 0 Å². The molecule has 0 aromatic rings. The van der Waals surface area contributed by atoms with Crippen molar-refractivity contribution in [1.82, 2.24) is 5.32 Å². The van der Waals surface area contributed by atoms with Gasteiger partial charge in [0.1, 0.15) is 7.05 Å². The maximum absolute atomic E-state index is 3.22. The molecule has 0 aromatic carbocycles. The molecule has 2 nitrogen and oxygen atoms in total. The van der Waals surface area contributed by atoms with Crippen LogP contribution in [-0.2, 0) is 0 Å². The summed E-state index contributed by atoms with van der Waals surface area (Å²) in [4.78, 5) is 0. The normalized spacial score (nSPS) is 21.6. The van der Waals surface area contributed by atoms with Crippen molar-refractivity contribution in [3.8, 4) is 0 Å². The molecule has 0 atom stereocenters. The monoisotopic (exact) mass is 99.1 g/mol. The lowest BCUT2D eigenvalue weighted by molar-refractivity contribution is -0.494. The van der Waals surface area contributed by atoms with Gasteiger partial charge in [0, 0.05) is 0 Å². The number of nitrogens with one attached hydrogen (secondary N) is 1. The minimum absolute atomic E-state index is 1.04. The molecule has 0 bridgehead atoms. The Morgan fingerprint density at radius 1 is 1.71 bits per heavy atom. The zero-order chi connectivity index (χ0) is 5.11. The summed E-state index contributed by atoms with van der Waals surface area (Å²) in [6.45, 7) is 3.32. The Morgan fingerprint density at radius 3 is 2.86 bits per heavy atom. The van der Waals surface area contributed by atoms with Gasteiger partial charge in [0.15, 0.2) is 12.8 Å². The lowest BCUT2D eigenvalue weighted by atomic mass is 10.5. The highest BCUT2D eigenvalue weighted by Gasteiger charge is 1.99. The van der Waals surface area contributed by atoms with Gasteiger partial charge in [0.25, 0.3) is 0 Å². The molecule has 0 aliphatic carbocycles. The minimum Gasteiger partial charge on any atom is -0.302 e. The van der Waals surface area contributed by atoms with Crippen LogP contribution in [0.1, 0.15) is 0 Å². The number of hydrogen-bond donors (Lipinski definition) is 1. The molecule has 1 rings (SSSR count).